The van der Waals surface area contributed by atoms with Gasteiger partial charge in [-0.1, -0.05) is 6.08 Å². The molecule has 88 valence electrons. The molecule has 2 N–H and O–H groups in total. The van der Waals surface area contributed by atoms with Gasteiger partial charge in [-0.15, -0.1) is 0 Å². The van der Waals surface area contributed by atoms with Crippen molar-refractivity contribution in [2.75, 3.05) is 18.8 Å². The Morgan fingerprint density at radius 2 is 2.00 bits per heavy atom. The molecule has 0 aliphatic carbocycles. The van der Waals surface area contributed by atoms with Crippen molar-refractivity contribution < 1.29 is 8.42 Å². The summed E-state index contributed by atoms with van der Waals surface area (Å²) in [5.41, 5.74) is 0.110. The van der Waals surface area contributed by atoms with Crippen LogP contribution in [0.5, 0.6) is 0 Å². The van der Waals surface area contributed by atoms with E-state index in [2.05, 4.69) is 31.4 Å². The zero-order valence-electron chi connectivity index (χ0n) is 9.58. The van der Waals surface area contributed by atoms with Crippen LogP contribution in [0.2, 0.25) is 0 Å². The average molecular weight is 232 g/mol. The van der Waals surface area contributed by atoms with Crippen molar-refractivity contribution in [2.45, 2.75) is 32.4 Å². The summed E-state index contributed by atoms with van der Waals surface area (Å²) in [6, 6.07) is -0.0169. The van der Waals surface area contributed by atoms with Crippen molar-refractivity contribution in [3.05, 3.63) is 11.5 Å². The fraction of sp³-hybridized carbons (Fsp3) is 0.800. The molecular weight excluding hydrogens is 212 g/mol. The molecule has 1 heterocycles. The molecule has 15 heavy (non-hydrogen) atoms. The molecule has 0 saturated carbocycles. The van der Waals surface area contributed by atoms with Crippen LogP contribution in [-0.2, 0) is 9.84 Å². The normalized spacial score (nSPS) is 24.6. The van der Waals surface area contributed by atoms with Crippen LogP contribution in [0.1, 0.15) is 20.8 Å². The lowest BCUT2D eigenvalue weighted by Crippen LogP contribution is -2.42. The minimum atomic E-state index is -2.92. The van der Waals surface area contributed by atoms with Crippen LogP contribution in [0.3, 0.4) is 0 Å². The molecule has 4 nitrogen and oxygen atoms in total. The predicted molar refractivity (Wildman–Crippen MR) is 62.5 cm³/mol. The summed E-state index contributed by atoms with van der Waals surface area (Å²) in [6.07, 6.45) is 1.71. The third-order valence-corrected chi connectivity index (χ3v) is 3.51. The highest BCUT2D eigenvalue weighted by atomic mass is 32.2. The van der Waals surface area contributed by atoms with Gasteiger partial charge in [0.2, 0.25) is 0 Å². The summed E-state index contributed by atoms with van der Waals surface area (Å²) in [5, 5.41) is 7.81. The van der Waals surface area contributed by atoms with Gasteiger partial charge in [-0.2, -0.15) is 0 Å². The maximum atomic E-state index is 11.1. The summed E-state index contributed by atoms with van der Waals surface area (Å²) >= 11 is 0. The average Bonchev–Trinajstić information content (AvgIpc) is 2.38. The van der Waals surface area contributed by atoms with Gasteiger partial charge >= 0.3 is 0 Å². The molecule has 5 heteroatoms. The van der Waals surface area contributed by atoms with E-state index in [-0.39, 0.29) is 17.3 Å². The molecule has 0 aromatic carbocycles. The molecule has 0 fully saturated rings. The third kappa shape index (κ3) is 5.30. The van der Waals surface area contributed by atoms with Crippen molar-refractivity contribution in [1.82, 2.24) is 10.6 Å². The highest BCUT2D eigenvalue weighted by Gasteiger charge is 2.20. The van der Waals surface area contributed by atoms with Gasteiger partial charge in [0.25, 0.3) is 0 Å². The highest BCUT2D eigenvalue weighted by molar-refractivity contribution is 7.94. The van der Waals surface area contributed by atoms with E-state index in [1.54, 1.807) is 6.08 Å². The topological polar surface area (TPSA) is 58.2 Å². The minimum absolute atomic E-state index is 0.0169. The maximum absolute atomic E-state index is 11.1. The smallest absolute Gasteiger partial charge is 0.173 e. The van der Waals surface area contributed by atoms with Gasteiger partial charge in [0.05, 0.1) is 5.75 Å². The molecule has 1 aliphatic heterocycles. The molecule has 0 saturated heterocycles. The summed E-state index contributed by atoms with van der Waals surface area (Å²) in [6.45, 7) is 7.93. The Morgan fingerprint density at radius 1 is 1.33 bits per heavy atom. The molecule has 0 bridgehead atoms. The first kappa shape index (κ1) is 12.7. The second-order valence-electron chi connectivity index (χ2n) is 4.90. The van der Waals surface area contributed by atoms with Gasteiger partial charge in [0, 0.05) is 30.1 Å². The van der Waals surface area contributed by atoms with E-state index in [1.165, 1.54) is 5.41 Å². The third-order valence-electron chi connectivity index (χ3n) is 2.12. The lowest BCUT2D eigenvalue weighted by molar-refractivity contribution is 0.419. The first-order chi connectivity index (χ1) is 6.79. The van der Waals surface area contributed by atoms with Crippen molar-refractivity contribution in [3.63, 3.8) is 0 Å². The van der Waals surface area contributed by atoms with Crippen LogP contribution in [0.4, 0.5) is 0 Å². The van der Waals surface area contributed by atoms with Gasteiger partial charge in [-0.25, -0.2) is 8.42 Å². The largest absolute Gasteiger partial charge is 0.311 e. The Labute approximate surface area is 92.1 Å². The number of rotatable bonds is 4. The van der Waals surface area contributed by atoms with Crippen molar-refractivity contribution in [2.24, 2.45) is 0 Å². The Bertz CT molecular complexity index is 328. The monoisotopic (exact) mass is 232 g/mol. The first-order valence-corrected chi connectivity index (χ1v) is 6.89. The van der Waals surface area contributed by atoms with Crippen LogP contribution in [-0.4, -0.2) is 38.8 Å². The minimum Gasteiger partial charge on any atom is -0.311 e. The molecule has 0 spiro atoms. The van der Waals surface area contributed by atoms with E-state index in [4.69, 9.17) is 0 Å². The zero-order chi connectivity index (χ0) is 11.5. The van der Waals surface area contributed by atoms with Crippen molar-refractivity contribution in [3.8, 4) is 0 Å². The summed E-state index contributed by atoms with van der Waals surface area (Å²) in [7, 11) is -2.92. The van der Waals surface area contributed by atoms with Crippen LogP contribution in [0.15, 0.2) is 11.5 Å². The zero-order valence-corrected chi connectivity index (χ0v) is 10.4. The predicted octanol–water partition coefficient (Wildman–Crippen LogP) is 0.275. The second-order valence-corrected chi connectivity index (χ2v) is 6.83. The maximum Gasteiger partial charge on any atom is 0.173 e. The summed E-state index contributed by atoms with van der Waals surface area (Å²) in [4.78, 5) is 0. The lowest BCUT2D eigenvalue weighted by atomic mass is 10.1. The summed E-state index contributed by atoms with van der Waals surface area (Å²) < 4.78 is 22.2. The molecule has 0 amide bonds. The molecule has 0 aromatic rings. The molecule has 1 rings (SSSR count). The fourth-order valence-electron chi connectivity index (χ4n) is 1.40. The first-order valence-electron chi connectivity index (χ1n) is 5.18. The Balaban J connectivity index is 2.16. The van der Waals surface area contributed by atoms with Gasteiger partial charge in [0.15, 0.2) is 9.84 Å². The lowest BCUT2D eigenvalue weighted by Gasteiger charge is -2.21. The Morgan fingerprint density at radius 3 is 2.47 bits per heavy atom. The van der Waals surface area contributed by atoms with E-state index < -0.39 is 9.84 Å². The van der Waals surface area contributed by atoms with E-state index in [9.17, 15) is 8.42 Å². The van der Waals surface area contributed by atoms with E-state index in [0.717, 1.165) is 13.1 Å². The number of hydrogen-bond acceptors (Lipinski definition) is 4. The van der Waals surface area contributed by atoms with E-state index in [1.807, 2.05) is 0 Å². The van der Waals surface area contributed by atoms with Gasteiger partial charge in [-0.3, -0.25) is 0 Å². The van der Waals surface area contributed by atoms with Crippen molar-refractivity contribution in [1.29, 1.82) is 0 Å². The second kappa shape index (κ2) is 4.63. The molecule has 0 radical (unpaired) electrons. The fourth-order valence-corrected chi connectivity index (χ4v) is 2.67. The van der Waals surface area contributed by atoms with Crippen LogP contribution >= 0.6 is 0 Å². The van der Waals surface area contributed by atoms with Crippen LogP contribution < -0.4 is 10.6 Å². The van der Waals surface area contributed by atoms with Gasteiger partial charge in [0.1, 0.15) is 0 Å². The van der Waals surface area contributed by atoms with E-state index in [0.29, 0.717) is 0 Å². The molecule has 0 aromatic heterocycles. The SMILES string of the molecule is CC(C)(C)NCCNC1C=CS(=O)(=O)C1. The van der Waals surface area contributed by atoms with E-state index >= 15 is 0 Å². The molecule has 1 atom stereocenters. The Hall–Kier alpha value is -0.390. The number of nitrogens with one attached hydrogen (secondary N) is 2. The van der Waals surface area contributed by atoms with Gasteiger partial charge < -0.3 is 10.6 Å². The quantitative estimate of drug-likeness (QED) is 0.683. The standard InChI is InChI=1S/C10H20N2O2S/c1-10(2,3)12-6-5-11-9-4-7-15(13,14)8-9/h4,7,9,11-12H,5-6,8H2,1-3H3. The number of hydrogen-bond donors (Lipinski definition) is 2. The molecular formula is C10H20N2O2S. The van der Waals surface area contributed by atoms with Crippen molar-refractivity contribution >= 4 is 9.84 Å². The Kier molecular flexibility index (Phi) is 3.92. The summed E-state index contributed by atoms with van der Waals surface area (Å²) in [5.74, 6) is 0.197. The van der Waals surface area contributed by atoms with Crippen LogP contribution in [0.25, 0.3) is 0 Å². The molecule has 1 unspecified atom stereocenters. The highest BCUT2D eigenvalue weighted by Crippen LogP contribution is 2.07. The number of sulfone groups is 1. The van der Waals surface area contributed by atoms with Crippen LogP contribution in [0, 0.1) is 0 Å². The van der Waals surface area contributed by atoms with Gasteiger partial charge in [-0.05, 0) is 20.8 Å². The molecule has 1 aliphatic rings.